The number of amides is 1. The molecule has 0 saturated carbocycles. The molecular weight excluding hydrogens is 222 g/mol. The van der Waals surface area contributed by atoms with Gasteiger partial charge in [-0.25, -0.2) is 4.79 Å². The number of benzene rings is 1. The van der Waals surface area contributed by atoms with Gasteiger partial charge in [0.25, 0.3) is 5.91 Å². The van der Waals surface area contributed by atoms with E-state index < -0.39 is 17.9 Å². The standard InChI is InChI=1S/C12H15NO4/c1-2-10(12(16)17)13-11(15)9-5-3-8(7-14)4-6-9/h3-6,10,14H,2,7H2,1H3,(H,13,15)(H,16,17)/t10-/m0/s1. The van der Waals surface area contributed by atoms with Gasteiger partial charge in [-0.2, -0.15) is 0 Å². The molecule has 0 fully saturated rings. The van der Waals surface area contributed by atoms with E-state index >= 15 is 0 Å². The molecule has 92 valence electrons. The molecule has 0 aliphatic heterocycles. The fraction of sp³-hybridized carbons (Fsp3) is 0.333. The van der Waals surface area contributed by atoms with Crippen LogP contribution in [0.25, 0.3) is 0 Å². The van der Waals surface area contributed by atoms with Crippen molar-refractivity contribution in [3.63, 3.8) is 0 Å². The van der Waals surface area contributed by atoms with Gasteiger partial charge in [-0.05, 0) is 24.1 Å². The molecule has 0 spiro atoms. The zero-order chi connectivity index (χ0) is 12.8. The van der Waals surface area contributed by atoms with Crippen molar-refractivity contribution >= 4 is 11.9 Å². The minimum absolute atomic E-state index is 0.0887. The Morgan fingerprint density at radius 1 is 1.29 bits per heavy atom. The van der Waals surface area contributed by atoms with E-state index in [0.717, 1.165) is 0 Å². The first-order chi connectivity index (χ1) is 8.08. The molecule has 0 radical (unpaired) electrons. The van der Waals surface area contributed by atoms with Crippen LogP contribution >= 0.6 is 0 Å². The van der Waals surface area contributed by atoms with Gasteiger partial charge < -0.3 is 15.5 Å². The van der Waals surface area contributed by atoms with E-state index in [1.165, 1.54) is 0 Å². The number of carbonyl (C=O) groups excluding carboxylic acids is 1. The Labute approximate surface area is 99.1 Å². The monoisotopic (exact) mass is 237 g/mol. The number of hydrogen-bond donors (Lipinski definition) is 3. The summed E-state index contributed by atoms with van der Waals surface area (Å²) in [5, 5.41) is 20.1. The number of carboxylic acid groups (broad SMARTS) is 1. The summed E-state index contributed by atoms with van der Waals surface area (Å²) in [4.78, 5) is 22.4. The maximum Gasteiger partial charge on any atom is 0.326 e. The molecular formula is C12H15NO4. The van der Waals surface area contributed by atoms with Crippen molar-refractivity contribution in [2.24, 2.45) is 0 Å². The molecule has 0 aliphatic rings. The summed E-state index contributed by atoms with van der Waals surface area (Å²) in [6, 6.07) is 5.47. The Bertz CT molecular complexity index is 399. The fourth-order valence-corrected chi connectivity index (χ4v) is 1.34. The molecule has 1 aromatic rings. The first kappa shape index (κ1) is 13.2. The summed E-state index contributed by atoms with van der Waals surface area (Å²) in [7, 11) is 0. The predicted octanol–water partition coefficient (Wildman–Crippen LogP) is 0.772. The Morgan fingerprint density at radius 2 is 1.88 bits per heavy atom. The lowest BCUT2D eigenvalue weighted by Gasteiger charge is -2.12. The van der Waals surface area contributed by atoms with Crippen molar-refractivity contribution in [3.8, 4) is 0 Å². The number of nitrogens with one attached hydrogen (secondary N) is 1. The lowest BCUT2D eigenvalue weighted by Crippen LogP contribution is -2.40. The van der Waals surface area contributed by atoms with E-state index in [0.29, 0.717) is 17.5 Å². The van der Waals surface area contributed by atoms with Gasteiger partial charge in [-0.3, -0.25) is 4.79 Å². The Balaban J connectivity index is 2.72. The summed E-state index contributed by atoms with van der Waals surface area (Å²) in [5.74, 6) is -1.48. The minimum Gasteiger partial charge on any atom is -0.480 e. The second-order valence-corrected chi connectivity index (χ2v) is 3.63. The highest BCUT2D eigenvalue weighted by Crippen LogP contribution is 2.05. The molecule has 0 unspecified atom stereocenters. The number of carbonyl (C=O) groups is 2. The molecule has 0 heterocycles. The third-order valence-electron chi connectivity index (χ3n) is 2.41. The molecule has 5 nitrogen and oxygen atoms in total. The maximum atomic E-state index is 11.7. The average Bonchev–Trinajstić information content (AvgIpc) is 2.35. The highest BCUT2D eigenvalue weighted by Gasteiger charge is 2.18. The topological polar surface area (TPSA) is 86.6 Å². The van der Waals surface area contributed by atoms with Crippen molar-refractivity contribution < 1.29 is 19.8 Å². The average molecular weight is 237 g/mol. The smallest absolute Gasteiger partial charge is 0.326 e. The van der Waals surface area contributed by atoms with Crippen LogP contribution in [0.15, 0.2) is 24.3 Å². The van der Waals surface area contributed by atoms with E-state index in [1.54, 1.807) is 31.2 Å². The second-order valence-electron chi connectivity index (χ2n) is 3.63. The van der Waals surface area contributed by atoms with Gasteiger partial charge in [0.1, 0.15) is 6.04 Å². The highest BCUT2D eigenvalue weighted by atomic mass is 16.4. The molecule has 1 atom stereocenters. The van der Waals surface area contributed by atoms with Crippen LogP contribution in [0.4, 0.5) is 0 Å². The van der Waals surface area contributed by atoms with Gasteiger partial charge >= 0.3 is 5.97 Å². The maximum absolute atomic E-state index is 11.7. The summed E-state index contributed by atoms with van der Waals surface area (Å²) in [6.45, 7) is 1.60. The van der Waals surface area contributed by atoms with Crippen LogP contribution in [-0.2, 0) is 11.4 Å². The Kier molecular flexibility index (Phi) is 4.66. The van der Waals surface area contributed by atoms with Gasteiger partial charge in [0.15, 0.2) is 0 Å². The predicted molar refractivity (Wildman–Crippen MR) is 61.5 cm³/mol. The molecule has 17 heavy (non-hydrogen) atoms. The van der Waals surface area contributed by atoms with Crippen molar-refractivity contribution in [2.45, 2.75) is 26.0 Å². The first-order valence-electron chi connectivity index (χ1n) is 5.32. The minimum atomic E-state index is -1.05. The van der Waals surface area contributed by atoms with Gasteiger partial charge in [0, 0.05) is 5.56 Å². The largest absolute Gasteiger partial charge is 0.480 e. The summed E-state index contributed by atoms with van der Waals surface area (Å²) in [5.41, 5.74) is 1.08. The molecule has 3 N–H and O–H groups in total. The second kappa shape index (κ2) is 6.00. The molecule has 1 amide bonds. The third kappa shape index (κ3) is 3.57. The number of aliphatic hydroxyl groups excluding tert-OH is 1. The van der Waals surface area contributed by atoms with Crippen LogP contribution < -0.4 is 5.32 Å². The van der Waals surface area contributed by atoms with Crippen LogP contribution in [-0.4, -0.2) is 28.1 Å². The molecule has 1 aromatic carbocycles. The quantitative estimate of drug-likeness (QED) is 0.706. The summed E-state index contributed by atoms with van der Waals surface area (Å²) in [6.07, 6.45) is 0.329. The van der Waals surface area contributed by atoms with Gasteiger partial charge in [-0.1, -0.05) is 19.1 Å². The number of aliphatic carboxylic acids is 1. The van der Waals surface area contributed by atoms with Gasteiger partial charge in [0.2, 0.25) is 0 Å². The molecule has 0 bridgehead atoms. The normalized spacial score (nSPS) is 11.9. The van der Waals surface area contributed by atoms with E-state index in [-0.39, 0.29) is 6.61 Å². The zero-order valence-corrected chi connectivity index (χ0v) is 9.51. The van der Waals surface area contributed by atoms with Crippen molar-refractivity contribution in [2.75, 3.05) is 0 Å². The molecule has 0 aliphatic carbocycles. The Hall–Kier alpha value is -1.88. The van der Waals surface area contributed by atoms with E-state index in [2.05, 4.69) is 5.32 Å². The molecule has 0 saturated heterocycles. The first-order valence-corrected chi connectivity index (χ1v) is 5.32. The van der Waals surface area contributed by atoms with Crippen molar-refractivity contribution in [3.05, 3.63) is 35.4 Å². The van der Waals surface area contributed by atoms with E-state index in [4.69, 9.17) is 10.2 Å². The zero-order valence-electron chi connectivity index (χ0n) is 9.51. The number of carboxylic acids is 1. The van der Waals surface area contributed by atoms with Gasteiger partial charge in [-0.15, -0.1) is 0 Å². The summed E-state index contributed by atoms with van der Waals surface area (Å²) < 4.78 is 0. The highest BCUT2D eigenvalue weighted by molar-refractivity contribution is 5.96. The molecule has 0 aromatic heterocycles. The van der Waals surface area contributed by atoms with Crippen LogP contribution in [0.3, 0.4) is 0 Å². The Morgan fingerprint density at radius 3 is 2.29 bits per heavy atom. The van der Waals surface area contributed by atoms with E-state index in [1.807, 2.05) is 0 Å². The van der Waals surface area contributed by atoms with Crippen molar-refractivity contribution in [1.82, 2.24) is 5.32 Å². The number of aliphatic hydroxyl groups is 1. The van der Waals surface area contributed by atoms with E-state index in [9.17, 15) is 9.59 Å². The van der Waals surface area contributed by atoms with Crippen LogP contribution in [0, 0.1) is 0 Å². The van der Waals surface area contributed by atoms with Crippen LogP contribution in [0.5, 0.6) is 0 Å². The number of rotatable bonds is 5. The number of hydrogen-bond acceptors (Lipinski definition) is 3. The van der Waals surface area contributed by atoms with Crippen LogP contribution in [0.2, 0.25) is 0 Å². The molecule has 1 rings (SSSR count). The summed E-state index contributed by atoms with van der Waals surface area (Å²) >= 11 is 0. The third-order valence-corrected chi connectivity index (χ3v) is 2.41. The molecule has 5 heteroatoms. The van der Waals surface area contributed by atoms with Crippen molar-refractivity contribution in [1.29, 1.82) is 0 Å². The lowest BCUT2D eigenvalue weighted by atomic mass is 10.1. The van der Waals surface area contributed by atoms with Gasteiger partial charge in [0.05, 0.1) is 6.61 Å². The van der Waals surface area contributed by atoms with Crippen LogP contribution in [0.1, 0.15) is 29.3 Å². The SMILES string of the molecule is CC[C@H](NC(=O)c1ccc(CO)cc1)C(=O)O. The lowest BCUT2D eigenvalue weighted by molar-refractivity contribution is -0.139. The fourth-order valence-electron chi connectivity index (χ4n) is 1.34.